The molecule has 106 valence electrons. The molecule has 2 unspecified atom stereocenters. The third kappa shape index (κ3) is 3.11. The van der Waals surface area contributed by atoms with Crippen molar-refractivity contribution in [1.29, 1.82) is 0 Å². The first-order valence-electron chi connectivity index (χ1n) is 6.06. The number of halogens is 1. The molecule has 1 aromatic carbocycles. The second-order valence-corrected chi connectivity index (χ2v) is 6.26. The van der Waals surface area contributed by atoms with Gasteiger partial charge in [0.15, 0.2) is 0 Å². The molecule has 1 fully saturated rings. The van der Waals surface area contributed by atoms with Crippen LogP contribution in [-0.4, -0.2) is 27.2 Å². The fourth-order valence-corrected chi connectivity index (χ4v) is 3.42. The minimum Gasteiger partial charge on any atom is -0.377 e. The summed E-state index contributed by atoms with van der Waals surface area (Å²) >= 11 is 0. The molecule has 5 nitrogen and oxygen atoms in total. The molecule has 7 heteroatoms. The Morgan fingerprint density at radius 1 is 1.53 bits per heavy atom. The van der Waals surface area contributed by atoms with Crippen molar-refractivity contribution in [2.75, 3.05) is 6.61 Å². The summed E-state index contributed by atoms with van der Waals surface area (Å²) in [5.74, 6) is -0.501. The van der Waals surface area contributed by atoms with Gasteiger partial charge in [0, 0.05) is 18.7 Å². The lowest BCUT2D eigenvalue weighted by molar-refractivity contribution is 0.117. The van der Waals surface area contributed by atoms with Crippen molar-refractivity contribution in [3.8, 4) is 0 Å². The van der Waals surface area contributed by atoms with Crippen molar-refractivity contribution in [2.24, 2.45) is 5.73 Å². The van der Waals surface area contributed by atoms with Gasteiger partial charge in [-0.1, -0.05) is 0 Å². The van der Waals surface area contributed by atoms with Crippen LogP contribution >= 0.6 is 0 Å². The maximum Gasteiger partial charge on any atom is 0.240 e. The van der Waals surface area contributed by atoms with Crippen LogP contribution in [0.4, 0.5) is 4.39 Å². The van der Waals surface area contributed by atoms with Crippen LogP contribution in [0.5, 0.6) is 0 Å². The number of nitrogens with one attached hydrogen (secondary N) is 1. The highest BCUT2D eigenvalue weighted by Crippen LogP contribution is 2.19. The summed E-state index contributed by atoms with van der Waals surface area (Å²) in [6.07, 6.45) is 0.468. The molecule has 3 N–H and O–H groups in total. The number of sulfonamides is 1. The van der Waals surface area contributed by atoms with E-state index in [1.54, 1.807) is 0 Å². The van der Waals surface area contributed by atoms with Gasteiger partial charge < -0.3 is 10.5 Å². The van der Waals surface area contributed by atoms with Gasteiger partial charge in [-0.15, -0.1) is 0 Å². The third-order valence-corrected chi connectivity index (χ3v) is 4.72. The lowest BCUT2D eigenvalue weighted by Gasteiger charge is -2.16. The Hall–Kier alpha value is -1.02. The van der Waals surface area contributed by atoms with E-state index in [4.69, 9.17) is 10.5 Å². The van der Waals surface area contributed by atoms with E-state index >= 15 is 0 Å². The van der Waals surface area contributed by atoms with Gasteiger partial charge in [-0.05, 0) is 31.5 Å². The zero-order valence-electron chi connectivity index (χ0n) is 10.6. The standard InChI is InChI=1S/C12H17FN2O3S/c1-8-12(4-5-18-8)15-19(16,17)10-2-3-11(13)9(6-10)7-14/h2-3,6,8,12,15H,4-5,7,14H2,1H3. The quantitative estimate of drug-likeness (QED) is 0.856. The Kier molecular flexibility index (Phi) is 4.19. The molecule has 0 aromatic heterocycles. The Morgan fingerprint density at radius 3 is 2.84 bits per heavy atom. The van der Waals surface area contributed by atoms with E-state index in [1.165, 1.54) is 12.1 Å². The summed E-state index contributed by atoms with van der Waals surface area (Å²) in [5, 5.41) is 0. The Morgan fingerprint density at radius 2 is 2.26 bits per heavy atom. The summed E-state index contributed by atoms with van der Waals surface area (Å²) in [6, 6.07) is 3.36. The SMILES string of the molecule is CC1OCCC1NS(=O)(=O)c1ccc(F)c(CN)c1. The lowest BCUT2D eigenvalue weighted by Crippen LogP contribution is -2.39. The molecule has 1 aromatic rings. The van der Waals surface area contributed by atoms with E-state index in [1.807, 2.05) is 6.92 Å². The van der Waals surface area contributed by atoms with Crippen LogP contribution in [0.25, 0.3) is 0 Å². The molecule has 1 heterocycles. The highest BCUT2D eigenvalue weighted by atomic mass is 32.2. The van der Waals surface area contributed by atoms with Gasteiger partial charge in [0.25, 0.3) is 0 Å². The molecule has 1 aliphatic heterocycles. The summed E-state index contributed by atoms with van der Waals surface area (Å²) in [5.41, 5.74) is 5.55. The fraction of sp³-hybridized carbons (Fsp3) is 0.500. The lowest BCUT2D eigenvalue weighted by atomic mass is 10.2. The molecule has 0 aliphatic carbocycles. The molecule has 2 atom stereocenters. The summed E-state index contributed by atoms with van der Waals surface area (Å²) in [4.78, 5) is 0.0217. The average Bonchev–Trinajstić information content (AvgIpc) is 2.74. The number of rotatable bonds is 4. The molecule has 1 aliphatic rings. The smallest absolute Gasteiger partial charge is 0.240 e. The Balaban J connectivity index is 2.24. The zero-order chi connectivity index (χ0) is 14.0. The van der Waals surface area contributed by atoms with E-state index in [9.17, 15) is 12.8 Å². The van der Waals surface area contributed by atoms with Crippen LogP contribution in [0, 0.1) is 5.82 Å². The molecule has 0 radical (unpaired) electrons. The van der Waals surface area contributed by atoms with Crippen LogP contribution in [0.3, 0.4) is 0 Å². The first-order chi connectivity index (χ1) is 8.94. The van der Waals surface area contributed by atoms with Gasteiger partial charge in [0.2, 0.25) is 10.0 Å². The predicted molar refractivity (Wildman–Crippen MR) is 68.4 cm³/mol. The molecule has 2 rings (SSSR count). The maximum absolute atomic E-state index is 13.3. The van der Waals surface area contributed by atoms with Crippen molar-refractivity contribution in [1.82, 2.24) is 4.72 Å². The number of benzene rings is 1. The molecule has 19 heavy (non-hydrogen) atoms. The van der Waals surface area contributed by atoms with Gasteiger partial charge in [0.1, 0.15) is 5.82 Å². The summed E-state index contributed by atoms with van der Waals surface area (Å²) in [7, 11) is -3.68. The highest BCUT2D eigenvalue weighted by molar-refractivity contribution is 7.89. The first-order valence-corrected chi connectivity index (χ1v) is 7.55. The van der Waals surface area contributed by atoms with Crippen LogP contribution in [0.2, 0.25) is 0 Å². The van der Waals surface area contributed by atoms with E-state index in [0.29, 0.717) is 13.0 Å². The van der Waals surface area contributed by atoms with Crippen LogP contribution in [0.15, 0.2) is 23.1 Å². The van der Waals surface area contributed by atoms with Crippen molar-refractivity contribution < 1.29 is 17.5 Å². The largest absolute Gasteiger partial charge is 0.377 e. The van der Waals surface area contributed by atoms with Gasteiger partial charge >= 0.3 is 0 Å². The summed E-state index contributed by atoms with van der Waals surface area (Å²) < 4.78 is 45.6. The van der Waals surface area contributed by atoms with Gasteiger partial charge in [-0.2, -0.15) is 0 Å². The Labute approximate surface area is 112 Å². The number of hydrogen-bond acceptors (Lipinski definition) is 4. The van der Waals surface area contributed by atoms with Gasteiger partial charge in [-0.25, -0.2) is 17.5 Å². The second kappa shape index (κ2) is 5.54. The van der Waals surface area contributed by atoms with Gasteiger partial charge in [-0.3, -0.25) is 0 Å². The summed E-state index contributed by atoms with van der Waals surface area (Å²) in [6.45, 7) is 2.31. The van der Waals surface area contributed by atoms with Gasteiger partial charge in [0.05, 0.1) is 17.0 Å². The van der Waals surface area contributed by atoms with Crippen LogP contribution in [0.1, 0.15) is 18.9 Å². The highest BCUT2D eigenvalue weighted by Gasteiger charge is 2.29. The Bertz CT molecular complexity index is 562. The molecular formula is C12H17FN2O3S. The number of nitrogens with two attached hydrogens (primary N) is 1. The third-order valence-electron chi connectivity index (χ3n) is 3.23. The zero-order valence-corrected chi connectivity index (χ0v) is 11.4. The van der Waals surface area contributed by atoms with Crippen LogP contribution < -0.4 is 10.5 Å². The van der Waals surface area contributed by atoms with Crippen molar-refractivity contribution in [3.05, 3.63) is 29.6 Å². The number of ether oxygens (including phenoxy) is 1. The maximum atomic E-state index is 13.3. The topological polar surface area (TPSA) is 81.4 Å². The predicted octanol–water partition coefficient (Wildman–Crippen LogP) is 0.740. The van der Waals surface area contributed by atoms with E-state index in [0.717, 1.165) is 6.07 Å². The molecule has 0 spiro atoms. The van der Waals surface area contributed by atoms with Crippen LogP contribution in [-0.2, 0) is 21.3 Å². The van der Waals surface area contributed by atoms with E-state index < -0.39 is 15.8 Å². The van der Waals surface area contributed by atoms with E-state index in [-0.39, 0.29) is 29.1 Å². The van der Waals surface area contributed by atoms with Crippen molar-refractivity contribution in [2.45, 2.75) is 36.9 Å². The first kappa shape index (κ1) is 14.4. The molecule has 1 saturated heterocycles. The molecule has 0 bridgehead atoms. The minimum atomic E-state index is -3.68. The van der Waals surface area contributed by atoms with Crippen molar-refractivity contribution >= 4 is 10.0 Å². The minimum absolute atomic E-state index is 0.0217. The molecule has 0 saturated carbocycles. The number of hydrogen-bond donors (Lipinski definition) is 2. The molecule has 0 amide bonds. The fourth-order valence-electron chi connectivity index (χ4n) is 2.03. The second-order valence-electron chi connectivity index (χ2n) is 4.55. The molecular weight excluding hydrogens is 271 g/mol. The van der Waals surface area contributed by atoms with Crippen molar-refractivity contribution in [3.63, 3.8) is 0 Å². The average molecular weight is 288 g/mol. The monoisotopic (exact) mass is 288 g/mol. The normalized spacial score (nSPS) is 23.7. The van der Waals surface area contributed by atoms with E-state index in [2.05, 4.69) is 4.72 Å².